The van der Waals surface area contributed by atoms with Crippen molar-refractivity contribution < 1.29 is 0 Å². The molecule has 16 heavy (non-hydrogen) atoms. The molecule has 0 saturated carbocycles. The molecule has 1 N–H and O–H groups in total. The van der Waals surface area contributed by atoms with Gasteiger partial charge in [-0.25, -0.2) is 9.67 Å². The fraction of sp³-hybridized carbons (Fsp3) is 0.833. The Kier molecular flexibility index (Phi) is 4.08. The number of hydrogen-bond acceptors (Lipinski definition) is 3. The third-order valence-corrected chi connectivity index (χ3v) is 3.00. The summed E-state index contributed by atoms with van der Waals surface area (Å²) in [5, 5.41) is 7.72. The van der Waals surface area contributed by atoms with Gasteiger partial charge in [0.25, 0.3) is 0 Å². The van der Waals surface area contributed by atoms with Crippen molar-refractivity contribution in [2.45, 2.75) is 60.2 Å². The second kappa shape index (κ2) is 4.95. The molecule has 0 aromatic carbocycles. The van der Waals surface area contributed by atoms with Gasteiger partial charge in [0.1, 0.15) is 12.2 Å². The van der Waals surface area contributed by atoms with Gasteiger partial charge in [-0.1, -0.05) is 20.8 Å². The lowest BCUT2D eigenvalue weighted by molar-refractivity contribution is 0.281. The van der Waals surface area contributed by atoms with Crippen LogP contribution in [-0.4, -0.2) is 20.8 Å². The molecule has 0 fully saturated rings. The molecule has 0 saturated heterocycles. The molecule has 4 heteroatoms. The first kappa shape index (κ1) is 13.2. The van der Waals surface area contributed by atoms with Crippen LogP contribution < -0.4 is 5.32 Å². The van der Waals surface area contributed by atoms with Crippen LogP contribution >= 0.6 is 0 Å². The molecule has 0 aliphatic heterocycles. The fourth-order valence-electron chi connectivity index (χ4n) is 1.38. The highest BCUT2D eigenvalue weighted by Gasteiger charge is 2.20. The Balaban J connectivity index is 2.58. The number of hydrogen-bond donors (Lipinski definition) is 1. The summed E-state index contributed by atoms with van der Waals surface area (Å²) in [6.07, 6.45) is 1.62. The van der Waals surface area contributed by atoms with Crippen molar-refractivity contribution in [1.82, 2.24) is 20.1 Å². The molecule has 1 heterocycles. The molecule has 92 valence electrons. The van der Waals surface area contributed by atoms with Gasteiger partial charge in [0.15, 0.2) is 0 Å². The zero-order chi connectivity index (χ0) is 12.3. The summed E-state index contributed by atoms with van der Waals surface area (Å²) < 4.78 is 1.96. The maximum Gasteiger partial charge on any atom is 0.141 e. The molecule has 1 rings (SSSR count). The number of nitrogens with one attached hydrogen (secondary N) is 1. The summed E-state index contributed by atoms with van der Waals surface area (Å²) in [4.78, 5) is 4.28. The van der Waals surface area contributed by atoms with Crippen molar-refractivity contribution in [1.29, 1.82) is 0 Å². The van der Waals surface area contributed by atoms with Crippen molar-refractivity contribution in [2.75, 3.05) is 0 Å². The van der Waals surface area contributed by atoms with Gasteiger partial charge in [-0.3, -0.25) is 0 Å². The third kappa shape index (κ3) is 3.30. The predicted molar refractivity (Wildman–Crippen MR) is 66.2 cm³/mol. The minimum Gasteiger partial charge on any atom is -0.307 e. The molecule has 0 aliphatic carbocycles. The van der Waals surface area contributed by atoms with E-state index in [1.54, 1.807) is 6.33 Å². The first-order chi connectivity index (χ1) is 7.32. The fourth-order valence-corrected chi connectivity index (χ4v) is 1.38. The Bertz CT molecular complexity index is 322. The average Bonchev–Trinajstić information content (AvgIpc) is 2.60. The largest absolute Gasteiger partial charge is 0.307 e. The van der Waals surface area contributed by atoms with Crippen LogP contribution in [0.25, 0.3) is 0 Å². The zero-order valence-corrected chi connectivity index (χ0v) is 11.3. The number of nitrogens with zero attached hydrogens (tertiary/aromatic N) is 3. The van der Waals surface area contributed by atoms with E-state index < -0.39 is 0 Å². The highest BCUT2D eigenvalue weighted by atomic mass is 15.4. The van der Waals surface area contributed by atoms with Crippen molar-refractivity contribution in [3.63, 3.8) is 0 Å². The number of aromatic nitrogens is 3. The molecule has 0 spiro atoms. The second-order valence-electron chi connectivity index (χ2n) is 5.68. The maximum atomic E-state index is 4.28. The Morgan fingerprint density at radius 3 is 2.44 bits per heavy atom. The first-order valence-electron chi connectivity index (χ1n) is 5.94. The molecule has 1 unspecified atom stereocenters. The van der Waals surface area contributed by atoms with Crippen molar-refractivity contribution >= 4 is 0 Å². The van der Waals surface area contributed by atoms with Gasteiger partial charge in [-0.2, -0.15) is 5.10 Å². The van der Waals surface area contributed by atoms with Gasteiger partial charge in [0.2, 0.25) is 0 Å². The summed E-state index contributed by atoms with van der Waals surface area (Å²) in [5.41, 5.74) is 0.267. The summed E-state index contributed by atoms with van der Waals surface area (Å²) in [5.74, 6) is 1.01. The van der Waals surface area contributed by atoms with E-state index in [4.69, 9.17) is 0 Å². The van der Waals surface area contributed by atoms with Gasteiger partial charge in [0.05, 0.1) is 6.54 Å². The number of rotatable bonds is 4. The topological polar surface area (TPSA) is 42.7 Å². The predicted octanol–water partition coefficient (Wildman–Crippen LogP) is 2.38. The van der Waals surface area contributed by atoms with E-state index in [-0.39, 0.29) is 5.41 Å². The maximum absolute atomic E-state index is 4.28. The van der Waals surface area contributed by atoms with Crippen LogP contribution in [0.3, 0.4) is 0 Å². The Morgan fingerprint density at radius 2 is 1.94 bits per heavy atom. The monoisotopic (exact) mass is 224 g/mol. The molecule has 4 nitrogen and oxygen atoms in total. The standard InChI is InChI=1S/C12H24N4/c1-9(2)16-11(14-8-15-16)7-13-10(3)12(4,5)6/h8-10,13H,7H2,1-6H3. The van der Waals surface area contributed by atoms with Crippen molar-refractivity contribution in [3.05, 3.63) is 12.2 Å². The van der Waals surface area contributed by atoms with E-state index in [0.29, 0.717) is 12.1 Å². The van der Waals surface area contributed by atoms with E-state index in [0.717, 1.165) is 12.4 Å². The van der Waals surface area contributed by atoms with Crippen molar-refractivity contribution in [2.24, 2.45) is 5.41 Å². The molecule has 1 aromatic rings. The molecule has 0 amide bonds. The Morgan fingerprint density at radius 1 is 1.31 bits per heavy atom. The van der Waals surface area contributed by atoms with E-state index in [9.17, 15) is 0 Å². The minimum absolute atomic E-state index is 0.267. The van der Waals surface area contributed by atoms with Gasteiger partial charge in [-0.05, 0) is 26.2 Å². The lowest BCUT2D eigenvalue weighted by atomic mass is 9.88. The molecule has 0 aliphatic rings. The lowest BCUT2D eigenvalue weighted by Crippen LogP contribution is -2.37. The van der Waals surface area contributed by atoms with Crippen LogP contribution in [0.2, 0.25) is 0 Å². The van der Waals surface area contributed by atoms with Crippen LogP contribution in [0.1, 0.15) is 53.4 Å². The van der Waals surface area contributed by atoms with E-state index in [1.165, 1.54) is 0 Å². The summed E-state index contributed by atoms with van der Waals surface area (Å²) in [6.45, 7) is 13.9. The molecule has 0 radical (unpaired) electrons. The Hall–Kier alpha value is -0.900. The molecule has 0 bridgehead atoms. The highest BCUT2D eigenvalue weighted by Crippen LogP contribution is 2.18. The second-order valence-corrected chi connectivity index (χ2v) is 5.68. The summed E-state index contributed by atoms with van der Waals surface area (Å²) >= 11 is 0. The Labute approximate surface area is 98.5 Å². The highest BCUT2D eigenvalue weighted by molar-refractivity contribution is 4.88. The van der Waals surface area contributed by atoms with Gasteiger partial charge < -0.3 is 5.32 Å². The zero-order valence-electron chi connectivity index (χ0n) is 11.3. The smallest absolute Gasteiger partial charge is 0.141 e. The van der Waals surface area contributed by atoms with E-state index >= 15 is 0 Å². The molecular formula is C12H24N4. The molecule has 1 atom stereocenters. The van der Waals surface area contributed by atoms with Crippen LogP contribution in [0.4, 0.5) is 0 Å². The molecule has 1 aromatic heterocycles. The van der Waals surface area contributed by atoms with Gasteiger partial charge in [0, 0.05) is 12.1 Å². The average molecular weight is 224 g/mol. The molecular weight excluding hydrogens is 200 g/mol. The lowest BCUT2D eigenvalue weighted by Gasteiger charge is -2.28. The minimum atomic E-state index is 0.267. The van der Waals surface area contributed by atoms with Crippen molar-refractivity contribution in [3.8, 4) is 0 Å². The van der Waals surface area contributed by atoms with Crippen LogP contribution in [0.15, 0.2) is 6.33 Å². The van der Waals surface area contributed by atoms with Crippen LogP contribution in [-0.2, 0) is 6.54 Å². The normalized spacial score (nSPS) is 14.4. The van der Waals surface area contributed by atoms with Crippen LogP contribution in [0, 0.1) is 5.41 Å². The van der Waals surface area contributed by atoms with Crippen LogP contribution in [0.5, 0.6) is 0 Å². The first-order valence-corrected chi connectivity index (χ1v) is 5.94. The summed E-state index contributed by atoms with van der Waals surface area (Å²) in [7, 11) is 0. The van der Waals surface area contributed by atoms with E-state index in [2.05, 4.69) is 56.9 Å². The van der Waals surface area contributed by atoms with Gasteiger partial charge >= 0.3 is 0 Å². The SMILES string of the molecule is CC(C)n1ncnc1CNC(C)C(C)(C)C. The summed E-state index contributed by atoms with van der Waals surface area (Å²) in [6, 6.07) is 0.814. The van der Waals surface area contributed by atoms with Gasteiger partial charge in [-0.15, -0.1) is 0 Å². The third-order valence-electron chi connectivity index (χ3n) is 3.00. The van der Waals surface area contributed by atoms with E-state index in [1.807, 2.05) is 4.68 Å². The quantitative estimate of drug-likeness (QED) is 0.854.